The van der Waals surface area contributed by atoms with E-state index in [1.165, 1.54) is 42.7 Å². The summed E-state index contributed by atoms with van der Waals surface area (Å²) in [7, 11) is 0. The molecule has 0 aliphatic heterocycles. The van der Waals surface area contributed by atoms with Crippen LogP contribution in [0, 0.1) is 0 Å². The highest BCUT2D eigenvalue weighted by atomic mass is 16.3. The first-order chi connectivity index (χ1) is 16.9. The second-order valence-electron chi connectivity index (χ2n) is 6.74. The van der Waals surface area contributed by atoms with Crippen LogP contribution in [0.1, 0.15) is 31.1 Å². The summed E-state index contributed by atoms with van der Waals surface area (Å²) in [5, 5.41) is 36.9. The van der Waals surface area contributed by atoms with Gasteiger partial charge in [0.2, 0.25) is 5.95 Å². The van der Waals surface area contributed by atoms with Crippen LogP contribution in [0.2, 0.25) is 0 Å². The second kappa shape index (κ2) is 11.5. The minimum atomic E-state index is -0.660. The summed E-state index contributed by atoms with van der Waals surface area (Å²) in [5.74, 6) is -2.07. The molecule has 1 heterocycles. The fraction of sp³-hybridized carbons (Fsp3) is 0. The van der Waals surface area contributed by atoms with Crippen LogP contribution in [-0.4, -0.2) is 48.2 Å². The van der Waals surface area contributed by atoms with Gasteiger partial charge < -0.3 is 15.3 Å². The number of phenolic OH excluding ortho intramolecular Hbond substituents is 3. The molecule has 0 bridgehead atoms. The fourth-order valence-electron chi connectivity index (χ4n) is 2.68. The van der Waals surface area contributed by atoms with Gasteiger partial charge in [-0.1, -0.05) is 36.4 Å². The van der Waals surface area contributed by atoms with E-state index in [0.29, 0.717) is 0 Å². The summed E-state index contributed by atoms with van der Waals surface area (Å²) in [4.78, 5) is 38.8. The van der Waals surface area contributed by atoms with Crippen molar-refractivity contribution in [1.29, 1.82) is 0 Å². The Bertz CT molecular complexity index is 1270. The Morgan fingerprint density at radius 2 is 1.03 bits per heavy atom. The monoisotopic (exact) mass is 476 g/mol. The molecule has 3 amide bonds. The molecule has 35 heavy (non-hydrogen) atoms. The number of nitrogens with zero attached hydrogens (tertiary/aromatic N) is 2. The Morgan fingerprint density at radius 1 is 0.629 bits per heavy atom. The summed E-state index contributed by atoms with van der Waals surface area (Å²) in [5.41, 5.74) is 4.56. The number of benzene rings is 3. The number of H-pyrrole nitrogens is 1. The summed E-state index contributed by atoms with van der Waals surface area (Å²) in [6.07, 6.45) is 1.35. The smallest absolute Gasteiger partial charge is 0.273 e. The molecule has 0 atom stereocenters. The molecule has 4 aromatic rings. The van der Waals surface area contributed by atoms with Crippen LogP contribution in [-0.2, 0) is 0 Å². The number of aromatic amines is 1. The number of anilines is 1. The van der Waals surface area contributed by atoms with Crippen LogP contribution in [0.5, 0.6) is 17.2 Å². The number of aromatic hydroxyl groups is 3. The van der Waals surface area contributed by atoms with E-state index in [0.717, 1.165) is 0 Å². The lowest BCUT2D eigenvalue weighted by atomic mass is 10.2. The maximum atomic E-state index is 11.7. The number of amides is 3. The quantitative estimate of drug-likeness (QED) is 0.217. The summed E-state index contributed by atoms with van der Waals surface area (Å²) in [6, 6.07) is 18.1. The van der Waals surface area contributed by atoms with Gasteiger partial charge >= 0.3 is 0 Å². The van der Waals surface area contributed by atoms with Crippen molar-refractivity contribution in [3.05, 3.63) is 95.8 Å². The van der Waals surface area contributed by atoms with E-state index in [2.05, 4.69) is 31.3 Å². The molecule has 0 unspecified atom stereocenters. The van der Waals surface area contributed by atoms with Crippen molar-refractivity contribution in [3.63, 3.8) is 0 Å². The van der Waals surface area contributed by atoms with Gasteiger partial charge in [-0.2, -0.15) is 0 Å². The minimum absolute atomic E-state index is 0.0325. The maximum absolute atomic E-state index is 11.7. The van der Waals surface area contributed by atoms with Gasteiger partial charge in [-0.25, -0.2) is 4.98 Å². The van der Waals surface area contributed by atoms with Crippen LogP contribution in [0.25, 0.3) is 0 Å². The molecule has 4 rings (SSSR count). The second-order valence-corrected chi connectivity index (χ2v) is 6.74. The third-order valence-electron chi connectivity index (χ3n) is 4.38. The van der Waals surface area contributed by atoms with Crippen LogP contribution in [0.4, 0.5) is 5.95 Å². The lowest BCUT2D eigenvalue weighted by molar-refractivity contribution is 0.0843. The summed E-state index contributed by atoms with van der Waals surface area (Å²) >= 11 is 0. The van der Waals surface area contributed by atoms with E-state index in [-0.39, 0.29) is 39.9 Å². The van der Waals surface area contributed by atoms with E-state index in [4.69, 9.17) is 0 Å². The standard InChI is InChI=1S/C14H12N2O4.C9H8N4O2/c17-11-7-3-1-5-9(11)13(19)15-16-14(20)10-6-2-4-8-12(10)18;14-7-4-2-1-3-6(7)8(15)12-9-10-5-11-13-9/h1-8,17-18H,(H,15,19)(H,16,20);1-5,14H,(H2,10,11,12,13,15). The molecule has 12 nitrogen and oxygen atoms in total. The Morgan fingerprint density at radius 3 is 1.40 bits per heavy atom. The first kappa shape index (κ1) is 24.3. The number of rotatable bonds is 4. The van der Waals surface area contributed by atoms with Gasteiger partial charge in [-0.15, -0.1) is 5.10 Å². The molecule has 0 fully saturated rings. The Labute approximate surface area is 198 Å². The molecule has 0 spiro atoms. The predicted octanol–water partition coefficient (Wildman–Crippen LogP) is 1.94. The zero-order chi connectivity index (χ0) is 25.2. The van der Waals surface area contributed by atoms with E-state index < -0.39 is 17.7 Å². The first-order valence-corrected chi connectivity index (χ1v) is 9.98. The van der Waals surface area contributed by atoms with E-state index in [9.17, 15) is 29.7 Å². The molecule has 0 aliphatic rings. The number of nitrogens with one attached hydrogen (secondary N) is 4. The Hall–Kier alpha value is -5.39. The van der Waals surface area contributed by atoms with Crippen molar-refractivity contribution in [3.8, 4) is 17.2 Å². The molecule has 0 radical (unpaired) electrons. The van der Waals surface area contributed by atoms with Crippen molar-refractivity contribution in [2.75, 3.05) is 5.32 Å². The highest BCUT2D eigenvalue weighted by molar-refractivity contribution is 6.05. The van der Waals surface area contributed by atoms with Crippen molar-refractivity contribution < 1.29 is 29.7 Å². The minimum Gasteiger partial charge on any atom is -0.507 e. The zero-order valence-corrected chi connectivity index (χ0v) is 18.0. The fourth-order valence-corrected chi connectivity index (χ4v) is 2.68. The predicted molar refractivity (Wildman–Crippen MR) is 124 cm³/mol. The highest BCUT2D eigenvalue weighted by Gasteiger charge is 2.14. The van der Waals surface area contributed by atoms with Crippen LogP contribution in [0.3, 0.4) is 0 Å². The third-order valence-corrected chi connectivity index (χ3v) is 4.38. The molecule has 7 N–H and O–H groups in total. The molecule has 12 heteroatoms. The molecular formula is C23H20N6O6. The van der Waals surface area contributed by atoms with Gasteiger partial charge in [0.1, 0.15) is 23.6 Å². The van der Waals surface area contributed by atoms with Crippen molar-refractivity contribution in [2.45, 2.75) is 0 Å². The molecule has 178 valence electrons. The van der Waals surface area contributed by atoms with Crippen molar-refractivity contribution in [2.24, 2.45) is 0 Å². The number of aromatic nitrogens is 3. The number of para-hydroxylation sites is 3. The number of hydrogen-bond donors (Lipinski definition) is 7. The number of carbonyl (C=O) groups is 3. The van der Waals surface area contributed by atoms with Gasteiger partial charge in [0, 0.05) is 0 Å². The van der Waals surface area contributed by atoms with Gasteiger partial charge in [0.05, 0.1) is 16.7 Å². The normalized spacial score (nSPS) is 9.83. The summed E-state index contributed by atoms with van der Waals surface area (Å²) < 4.78 is 0. The van der Waals surface area contributed by atoms with Gasteiger partial charge in [-0.05, 0) is 36.4 Å². The van der Waals surface area contributed by atoms with Crippen LogP contribution in [0.15, 0.2) is 79.1 Å². The Balaban J connectivity index is 0.000000203. The first-order valence-electron chi connectivity index (χ1n) is 9.98. The SMILES string of the molecule is O=C(NNC(=O)c1ccccc1O)c1ccccc1O.O=C(Nc1nc[nH]n1)c1ccccc1O. The maximum Gasteiger partial charge on any atom is 0.273 e. The van der Waals surface area contributed by atoms with Gasteiger partial charge in [0.15, 0.2) is 0 Å². The molecule has 0 saturated carbocycles. The lowest BCUT2D eigenvalue weighted by Crippen LogP contribution is -2.41. The lowest BCUT2D eigenvalue weighted by Gasteiger charge is -2.09. The number of hydrogen-bond acceptors (Lipinski definition) is 8. The molecule has 0 aliphatic carbocycles. The topological polar surface area (TPSA) is 190 Å². The number of hydrazine groups is 1. The van der Waals surface area contributed by atoms with Crippen molar-refractivity contribution in [1.82, 2.24) is 26.0 Å². The average molecular weight is 476 g/mol. The third kappa shape index (κ3) is 6.55. The average Bonchev–Trinajstić information content (AvgIpc) is 3.36. The number of phenols is 3. The largest absolute Gasteiger partial charge is 0.507 e. The zero-order valence-electron chi connectivity index (χ0n) is 18.0. The van der Waals surface area contributed by atoms with Crippen LogP contribution < -0.4 is 16.2 Å². The van der Waals surface area contributed by atoms with Crippen LogP contribution >= 0.6 is 0 Å². The molecule has 3 aromatic carbocycles. The van der Waals surface area contributed by atoms with E-state index >= 15 is 0 Å². The molecule has 1 aromatic heterocycles. The molecule has 0 saturated heterocycles. The number of carbonyl (C=O) groups excluding carboxylic acids is 3. The highest BCUT2D eigenvalue weighted by Crippen LogP contribution is 2.17. The Kier molecular flexibility index (Phi) is 7.95. The van der Waals surface area contributed by atoms with Gasteiger partial charge in [-0.3, -0.25) is 35.7 Å². The van der Waals surface area contributed by atoms with E-state index in [1.807, 2.05) is 0 Å². The van der Waals surface area contributed by atoms with Gasteiger partial charge in [0.25, 0.3) is 17.7 Å². The summed E-state index contributed by atoms with van der Waals surface area (Å²) in [6.45, 7) is 0. The molecular weight excluding hydrogens is 456 g/mol. The van der Waals surface area contributed by atoms with E-state index in [1.54, 1.807) is 36.4 Å². The van der Waals surface area contributed by atoms with Crippen molar-refractivity contribution >= 4 is 23.7 Å².